The molecule has 0 aliphatic carbocycles. The Kier molecular flexibility index (Phi) is 5.43. The molecule has 5 heteroatoms. The van der Waals surface area contributed by atoms with E-state index in [4.69, 9.17) is 11.6 Å². The molecule has 0 saturated heterocycles. The van der Waals surface area contributed by atoms with Crippen LogP contribution in [0, 0.1) is 0 Å². The first-order valence-corrected chi connectivity index (χ1v) is 7.55. The zero-order chi connectivity index (χ0) is 13.7. The molecule has 0 aliphatic heterocycles. The Bertz CT molecular complexity index is 513. The van der Waals surface area contributed by atoms with Gasteiger partial charge in [0, 0.05) is 29.3 Å². The monoisotopic (exact) mass is 341 g/mol. The van der Waals surface area contributed by atoms with E-state index in [9.17, 15) is 0 Å². The molecule has 1 heterocycles. The van der Waals surface area contributed by atoms with E-state index >= 15 is 0 Å². The lowest BCUT2D eigenvalue weighted by molar-refractivity contribution is 0.520. The van der Waals surface area contributed by atoms with E-state index in [0.29, 0.717) is 0 Å². The SMILES string of the molecule is CCCNC(Cc1ncc[nH]1)c1cccc(Br)c1Cl. The van der Waals surface area contributed by atoms with Gasteiger partial charge in [0.05, 0.1) is 5.02 Å². The van der Waals surface area contributed by atoms with Crippen LogP contribution in [0.25, 0.3) is 0 Å². The number of benzene rings is 1. The number of hydrogen-bond donors (Lipinski definition) is 2. The summed E-state index contributed by atoms with van der Waals surface area (Å²) in [5.74, 6) is 0.963. The summed E-state index contributed by atoms with van der Waals surface area (Å²) in [6.45, 7) is 3.10. The normalized spacial score (nSPS) is 12.6. The molecule has 1 aromatic heterocycles. The predicted octanol–water partition coefficient (Wildman–Crippen LogP) is 4.11. The van der Waals surface area contributed by atoms with Crippen LogP contribution in [0.5, 0.6) is 0 Å². The van der Waals surface area contributed by atoms with Crippen molar-refractivity contribution >= 4 is 27.5 Å². The van der Waals surface area contributed by atoms with E-state index < -0.39 is 0 Å². The van der Waals surface area contributed by atoms with Crippen LogP contribution in [-0.2, 0) is 6.42 Å². The molecule has 102 valence electrons. The quantitative estimate of drug-likeness (QED) is 0.829. The Morgan fingerprint density at radius 1 is 1.47 bits per heavy atom. The van der Waals surface area contributed by atoms with Crippen molar-refractivity contribution in [1.82, 2.24) is 15.3 Å². The lowest BCUT2D eigenvalue weighted by Gasteiger charge is -2.19. The van der Waals surface area contributed by atoms with E-state index in [1.807, 2.05) is 18.3 Å². The number of aromatic nitrogens is 2. The van der Waals surface area contributed by atoms with Crippen molar-refractivity contribution < 1.29 is 0 Å². The zero-order valence-corrected chi connectivity index (χ0v) is 13.1. The number of nitrogens with zero attached hydrogens (tertiary/aromatic N) is 1. The van der Waals surface area contributed by atoms with Crippen molar-refractivity contribution in [3.8, 4) is 0 Å². The molecular weight excluding hydrogens is 326 g/mol. The second-order valence-corrected chi connectivity index (χ2v) is 5.62. The van der Waals surface area contributed by atoms with Gasteiger partial charge in [0.2, 0.25) is 0 Å². The van der Waals surface area contributed by atoms with E-state index in [-0.39, 0.29) is 6.04 Å². The molecule has 0 amide bonds. The van der Waals surface area contributed by atoms with Gasteiger partial charge in [-0.15, -0.1) is 0 Å². The van der Waals surface area contributed by atoms with Gasteiger partial charge in [-0.3, -0.25) is 0 Å². The molecule has 1 aromatic carbocycles. The Balaban J connectivity index is 2.23. The molecule has 2 N–H and O–H groups in total. The van der Waals surface area contributed by atoms with E-state index in [2.05, 4.69) is 44.2 Å². The van der Waals surface area contributed by atoms with Crippen LogP contribution in [0.15, 0.2) is 35.1 Å². The van der Waals surface area contributed by atoms with Crippen LogP contribution in [0.3, 0.4) is 0 Å². The van der Waals surface area contributed by atoms with Gasteiger partial charge in [0.1, 0.15) is 5.82 Å². The zero-order valence-electron chi connectivity index (χ0n) is 10.8. The maximum absolute atomic E-state index is 6.39. The second kappa shape index (κ2) is 7.08. The highest BCUT2D eigenvalue weighted by Crippen LogP contribution is 2.31. The lowest BCUT2D eigenvalue weighted by atomic mass is 10.0. The summed E-state index contributed by atoms with van der Waals surface area (Å²) in [6.07, 6.45) is 5.49. The molecule has 0 aliphatic rings. The van der Waals surface area contributed by atoms with Crippen LogP contribution in [0.4, 0.5) is 0 Å². The highest BCUT2D eigenvalue weighted by Gasteiger charge is 2.17. The van der Waals surface area contributed by atoms with Gasteiger partial charge in [-0.2, -0.15) is 0 Å². The number of hydrogen-bond acceptors (Lipinski definition) is 2. The van der Waals surface area contributed by atoms with Gasteiger partial charge < -0.3 is 10.3 Å². The smallest absolute Gasteiger partial charge is 0.107 e. The maximum Gasteiger partial charge on any atom is 0.107 e. The molecule has 2 aromatic rings. The minimum Gasteiger partial charge on any atom is -0.349 e. The number of aromatic amines is 1. The third-order valence-corrected chi connectivity index (χ3v) is 4.26. The van der Waals surface area contributed by atoms with Crippen molar-refractivity contribution in [3.63, 3.8) is 0 Å². The third-order valence-electron chi connectivity index (χ3n) is 2.95. The fourth-order valence-electron chi connectivity index (χ4n) is 2.00. The van der Waals surface area contributed by atoms with Crippen LogP contribution >= 0.6 is 27.5 Å². The first kappa shape index (κ1) is 14.6. The maximum atomic E-state index is 6.39. The van der Waals surface area contributed by atoms with E-state index in [1.54, 1.807) is 6.20 Å². The van der Waals surface area contributed by atoms with E-state index in [1.165, 1.54) is 0 Å². The summed E-state index contributed by atoms with van der Waals surface area (Å²) in [4.78, 5) is 7.43. The summed E-state index contributed by atoms with van der Waals surface area (Å²) in [5, 5.41) is 4.29. The van der Waals surface area contributed by atoms with Gasteiger partial charge >= 0.3 is 0 Å². The highest BCUT2D eigenvalue weighted by atomic mass is 79.9. The van der Waals surface area contributed by atoms with Crippen molar-refractivity contribution in [2.75, 3.05) is 6.54 Å². The molecule has 0 saturated carbocycles. The Morgan fingerprint density at radius 2 is 2.32 bits per heavy atom. The Morgan fingerprint density at radius 3 is 3.00 bits per heavy atom. The standard InChI is InChI=1S/C14H17BrClN3/c1-2-6-17-12(9-13-18-7-8-19-13)10-4-3-5-11(15)14(10)16/h3-5,7-8,12,17H,2,6,9H2,1H3,(H,18,19). The van der Waals surface area contributed by atoms with Crippen LogP contribution in [-0.4, -0.2) is 16.5 Å². The molecule has 0 bridgehead atoms. The summed E-state index contributed by atoms with van der Waals surface area (Å²) in [5.41, 5.74) is 1.10. The second-order valence-electron chi connectivity index (χ2n) is 4.39. The van der Waals surface area contributed by atoms with Gasteiger partial charge in [-0.25, -0.2) is 4.98 Å². The Labute approximate surface area is 126 Å². The number of imidazole rings is 1. The molecule has 0 fully saturated rings. The Hall–Kier alpha value is -0.840. The fraction of sp³-hybridized carbons (Fsp3) is 0.357. The number of rotatable bonds is 6. The van der Waals surface area contributed by atoms with E-state index in [0.717, 1.165) is 40.3 Å². The average molecular weight is 343 g/mol. The first-order chi connectivity index (χ1) is 9.22. The van der Waals surface area contributed by atoms with Gasteiger partial charge in [0.25, 0.3) is 0 Å². The molecule has 19 heavy (non-hydrogen) atoms. The third kappa shape index (κ3) is 3.81. The minimum atomic E-state index is 0.163. The highest BCUT2D eigenvalue weighted by molar-refractivity contribution is 9.10. The molecule has 0 radical (unpaired) electrons. The van der Waals surface area contributed by atoms with Crippen LogP contribution in [0.1, 0.15) is 30.8 Å². The average Bonchev–Trinajstić information content (AvgIpc) is 2.91. The van der Waals surface area contributed by atoms with Crippen LogP contribution in [0.2, 0.25) is 5.02 Å². The van der Waals surface area contributed by atoms with Gasteiger partial charge in [0.15, 0.2) is 0 Å². The summed E-state index contributed by atoms with van der Waals surface area (Å²) in [7, 11) is 0. The number of halogens is 2. The topological polar surface area (TPSA) is 40.7 Å². The summed E-state index contributed by atoms with van der Waals surface area (Å²) < 4.78 is 0.925. The number of H-pyrrole nitrogens is 1. The van der Waals surface area contributed by atoms with Crippen LogP contribution < -0.4 is 5.32 Å². The summed E-state index contributed by atoms with van der Waals surface area (Å²) in [6, 6.07) is 6.18. The van der Waals surface area contributed by atoms with Crippen molar-refractivity contribution in [1.29, 1.82) is 0 Å². The molecule has 1 atom stereocenters. The molecular formula is C14H17BrClN3. The van der Waals surface area contributed by atoms with Gasteiger partial charge in [-0.05, 0) is 40.5 Å². The molecule has 3 nitrogen and oxygen atoms in total. The van der Waals surface area contributed by atoms with Crippen molar-refractivity contribution in [3.05, 3.63) is 51.5 Å². The molecule has 0 spiro atoms. The minimum absolute atomic E-state index is 0.163. The van der Waals surface area contributed by atoms with Crippen molar-refractivity contribution in [2.24, 2.45) is 0 Å². The van der Waals surface area contributed by atoms with Crippen molar-refractivity contribution in [2.45, 2.75) is 25.8 Å². The molecule has 2 rings (SSSR count). The predicted molar refractivity (Wildman–Crippen MR) is 82.5 cm³/mol. The first-order valence-electron chi connectivity index (χ1n) is 6.38. The number of nitrogens with one attached hydrogen (secondary N) is 2. The molecule has 1 unspecified atom stereocenters. The van der Waals surface area contributed by atoms with Gasteiger partial charge in [-0.1, -0.05) is 30.7 Å². The summed E-state index contributed by atoms with van der Waals surface area (Å²) >= 11 is 9.87. The fourth-order valence-corrected chi connectivity index (χ4v) is 2.64. The largest absolute Gasteiger partial charge is 0.349 e. The lowest BCUT2D eigenvalue weighted by Crippen LogP contribution is -2.24.